The van der Waals surface area contributed by atoms with Crippen LogP contribution in [0.25, 0.3) is 10.8 Å². The predicted molar refractivity (Wildman–Crippen MR) is 139 cm³/mol. The van der Waals surface area contributed by atoms with Crippen molar-refractivity contribution in [3.8, 4) is 11.5 Å². The summed E-state index contributed by atoms with van der Waals surface area (Å²) < 4.78 is 18.1. The molecule has 0 radical (unpaired) electrons. The van der Waals surface area contributed by atoms with Crippen LogP contribution in [0.3, 0.4) is 0 Å². The molecule has 36 heavy (non-hydrogen) atoms. The van der Waals surface area contributed by atoms with E-state index in [1.54, 1.807) is 25.4 Å². The number of benzene rings is 4. The Bertz CT molecular complexity index is 1460. The van der Waals surface area contributed by atoms with Gasteiger partial charge in [-0.15, -0.1) is 0 Å². The number of nitrogens with zero attached hydrogens (tertiary/aromatic N) is 1. The number of carbonyl (C=O) groups excluding carboxylic acids is 1. The van der Waals surface area contributed by atoms with Crippen LogP contribution in [0.4, 0.5) is 0 Å². The lowest BCUT2D eigenvalue weighted by molar-refractivity contribution is 0.0367. The zero-order chi connectivity index (χ0) is 24.7. The number of rotatable bonds is 8. The summed E-state index contributed by atoms with van der Waals surface area (Å²) >= 11 is 0. The van der Waals surface area contributed by atoms with E-state index in [9.17, 15) is 4.79 Å². The van der Waals surface area contributed by atoms with Gasteiger partial charge in [-0.1, -0.05) is 84.9 Å². The van der Waals surface area contributed by atoms with Crippen LogP contribution in [0.2, 0.25) is 0 Å². The Morgan fingerprint density at radius 1 is 0.806 bits per heavy atom. The van der Waals surface area contributed by atoms with Crippen molar-refractivity contribution >= 4 is 16.7 Å². The molecule has 1 aromatic heterocycles. The van der Waals surface area contributed by atoms with Crippen molar-refractivity contribution in [1.82, 2.24) is 4.98 Å². The number of para-hydroxylation sites is 1. The first-order chi connectivity index (χ1) is 17.7. The molecule has 5 heteroatoms. The second-order valence-corrected chi connectivity index (χ2v) is 8.22. The van der Waals surface area contributed by atoms with E-state index in [2.05, 4.69) is 4.98 Å². The van der Waals surface area contributed by atoms with E-state index in [4.69, 9.17) is 14.2 Å². The van der Waals surface area contributed by atoms with Gasteiger partial charge in [-0.2, -0.15) is 0 Å². The Labute approximate surface area is 209 Å². The van der Waals surface area contributed by atoms with Crippen LogP contribution >= 0.6 is 0 Å². The summed E-state index contributed by atoms with van der Waals surface area (Å²) in [7, 11) is 1.59. The molecule has 0 aliphatic rings. The fourth-order valence-electron chi connectivity index (χ4n) is 4.15. The average Bonchev–Trinajstić information content (AvgIpc) is 2.95. The minimum atomic E-state index is -0.829. The van der Waals surface area contributed by atoms with Gasteiger partial charge in [0.15, 0.2) is 17.6 Å². The van der Waals surface area contributed by atoms with Gasteiger partial charge in [-0.3, -0.25) is 4.98 Å². The van der Waals surface area contributed by atoms with Crippen LogP contribution in [-0.4, -0.2) is 18.1 Å². The van der Waals surface area contributed by atoms with Crippen molar-refractivity contribution in [3.05, 3.63) is 138 Å². The van der Waals surface area contributed by atoms with Gasteiger partial charge in [-0.05, 0) is 35.2 Å². The number of hydrogen-bond acceptors (Lipinski definition) is 5. The summed E-state index contributed by atoms with van der Waals surface area (Å²) in [5, 5.41) is 1.89. The first-order valence-corrected chi connectivity index (χ1v) is 11.7. The Hall–Kier alpha value is -4.64. The molecule has 0 saturated heterocycles. The Balaban J connectivity index is 1.62. The fraction of sp³-hybridized carbons (Fsp3) is 0.0968. The van der Waals surface area contributed by atoms with Crippen LogP contribution in [-0.2, 0) is 11.3 Å². The zero-order valence-electron chi connectivity index (χ0n) is 19.8. The monoisotopic (exact) mass is 475 g/mol. The number of fused-ring (bicyclic) bond motifs is 1. The number of aromatic nitrogens is 1. The van der Waals surface area contributed by atoms with E-state index in [-0.39, 0.29) is 0 Å². The first-order valence-electron chi connectivity index (χ1n) is 11.7. The lowest BCUT2D eigenvalue weighted by Crippen LogP contribution is -2.16. The van der Waals surface area contributed by atoms with Crippen LogP contribution in [0.5, 0.6) is 11.5 Å². The number of hydrogen-bond donors (Lipinski definition) is 0. The number of esters is 1. The van der Waals surface area contributed by atoms with Crippen molar-refractivity contribution < 1.29 is 19.0 Å². The van der Waals surface area contributed by atoms with E-state index < -0.39 is 12.1 Å². The van der Waals surface area contributed by atoms with Crippen molar-refractivity contribution in [2.45, 2.75) is 12.7 Å². The number of carbonyl (C=O) groups is 1. The lowest BCUT2D eigenvalue weighted by Gasteiger charge is -2.23. The summed E-state index contributed by atoms with van der Waals surface area (Å²) in [6.45, 7) is 0.330. The average molecular weight is 476 g/mol. The van der Waals surface area contributed by atoms with Crippen LogP contribution in [0.15, 0.2) is 115 Å². The fourth-order valence-corrected chi connectivity index (χ4v) is 4.15. The van der Waals surface area contributed by atoms with E-state index in [1.165, 1.54) is 0 Å². The normalized spacial score (nSPS) is 11.6. The maximum atomic E-state index is 13.3. The van der Waals surface area contributed by atoms with Crippen molar-refractivity contribution in [2.75, 3.05) is 7.11 Å². The molecule has 1 unspecified atom stereocenters. The molecule has 1 heterocycles. The molecule has 178 valence electrons. The number of ether oxygens (including phenoxy) is 3. The SMILES string of the molecule is COc1cccc(C(OC(=O)c2ccccc2)c2nccc3ccccc23)c1OCc1ccccc1. The number of methoxy groups -OCH3 is 1. The Morgan fingerprint density at radius 2 is 1.53 bits per heavy atom. The predicted octanol–water partition coefficient (Wildman–Crippen LogP) is 6.77. The van der Waals surface area contributed by atoms with Gasteiger partial charge < -0.3 is 14.2 Å². The smallest absolute Gasteiger partial charge is 0.339 e. The highest BCUT2D eigenvalue weighted by Gasteiger charge is 2.28. The molecule has 0 fully saturated rings. The van der Waals surface area contributed by atoms with E-state index in [0.717, 1.165) is 16.3 Å². The van der Waals surface area contributed by atoms with Gasteiger partial charge in [0.05, 0.1) is 18.4 Å². The molecule has 0 bridgehead atoms. The number of pyridine rings is 1. The molecule has 5 aromatic rings. The summed E-state index contributed by atoms with van der Waals surface area (Å²) in [5.74, 6) is 0.598. The van der Waals surface area contributed by atoms with Crippen molar-refractivity contribution in [3.63, 3.8) is 0 Å². The Morgan fingerprint density at radius 3 is 2.31 bits per heavy atom. The third-order valence-corrected chi connectivity index (χ3v) is 5.92. The van der Waals surface area contributed by atoms with E-state index in [0.29, 0.717) is 34.9 Å². The maximum Gasteiger partial charge on any atom is 0.339 e. The van der Waals surface area contributed by atoms with Gasteiger partial charge >= 0.3 is 5.97 Å². The largest absolute Gasteiger partial charge is 0.493 e. The van der Waals surface area contributed by atoms with E-state index >= 15 is 0 Å². The molecule has 0 spiro atoms. The molecule has 5 nitrogen and oxygen atoms in total. The molecule has 0 N–H and O–H groups in total. The Kier molecular flexibility index (Phi) is 6.90. The molecule has 4 aromatic carbocycles. The minimum Gasteiger partial charge on any atom is -0.493 e. The molecule has 0 aliphatic carbocycles. The summed E-state index contributed by atoms with van der Waals surface area (Å²) in [6.07, 6.45) is 0.899. The second-order valence-electron chi connectivity index (χ2n) is 8.22. The van der Waals surface area contributed by atoms with E-state index in [1.807, 2.05) is 97.1 Å². The van der Waals surface area contributed by atoms with Gasteiger partial charge in [-0.25, -0.2) is 4.79 Å². The van der Waals surface area contributed by atoms with Crippen molar-refractivity contribution in [2.24, 2.45) is 0 Å². The van der Waals surface area contributed by atoms with Crippen LogP contribution in [0, 0.1) is 0 Å². The molecule has 1 atom stereocenters. The van der Waals surface area contributed by atoms with Crippen molar-refractivity contribution in [1.29, 1.82) is 0 Å². The first kappa shape index (κ1) is 23.1. The molecular weight excluding hydrogens is 450 g/mol. The van der Waals surface area contributed by atoms with Gasteiger partial charge in [0.25, 0.3) is 0 Å². The maximum absolute atomic E-state index is 13.3. The summed E-state index contributed by atoms with van der Waals surface area (Å²) in [6, 6.07) is 34.2. The third kappa shape index (κ3) is 4.91. The van der Waals surface area contributed by atoms with Gasteiger partial charge in [0.2, 0.25) is 0 Å². The van der Waals surface area contributed by atoms with Crippen LogP contribution in [0.1, 0.15) is 33.3 Å². The summed E-state index contributed by atoms with van der Waals surface area (Å²) in [5.41, 5.74) is 2.74. The molecule has 0 aliphatic heterocycles. The molecule has 0 saturated carbocycles. The highest BCUT2D eigenvalue weighted by molar-refractivity contribution is 5.90. The van der Waals surface area contributed by atoms with Crippen LogP contribution < -0.4 is 9.47 Å². The second kappa shape index (κ2) is 10.7. The standard InChI is InChI=1S/C31H25NO4/c1-34-27-18-10-17-26(29(27)35-21-22-11-4-2-5-12-22)30(36-31(33)24-14-6-3-7-15-24)28-25-16-9-8-13-23(25)19-20-32-28/h2-20,30H,21H2,1H3. The highest BCUT2D eigenvalue weighted by Crippen LogP contribution is 2.41. The third-order valence-electron chi connectivity index (χ3n) is 5.92. The zero-order valence-corrected chi connectivity index (χ0v) is 19.8. The van der Waals surface area contributed by atoms with Gasteiger partial charge in [0, 0.05) is 17.1 Å². The summed E-state index contributed by atoms with van der Waals surface area (Å²) in [4.78, 5) is 17.9. The lowest BCUT2D eigenvalue weighted by atomic mass is 9.99. The quantitative estimate of drug-likeness (QED) is 0.232. The van der Waals surface area contributed by atoms with Gasteiger partial charge in [0.1, 0.15) is 6.61 Å². The highest BCUT2D eigenvalue weighted by atomic mass is 16.5. The minimum absolute atomic E-state index is 0.330. The molecular formula is C31H25NO4. The topological polar surface area (TPSA) is 57.7 Å². The molecule has 5 rings (SSSR count). The molecule has 0 amide bonds.